The second-order valence-corrected chi connectivity index (χ2v) is 8.30. The quantitative estimate of drug-likeness (QED) is 0.416. The van der Waals surface area contributed by atoms with Gasteiger partial charge in [0.05, 0.1) is 28.0 Å². The lowest BCUT2D eigenvalue weighted by atomic mass is 10.1. The zero-order valence-electron chi connectivity index (χ0n) is 15.4. The van der Waals surface area contributed by atoms with Crippen molar-refractivity contribution in [3.8, 4) is 11.1 Å². The first kappa shape index (κ1) is 22.0. The maximum Gasteiger partial charge on any atom is 0.239 e. The molecule has 0 fully saturated rings. The number of hydrogen-bond acceptors (Lipinski definition) is 5. The van der Waals surface area contributed by atoms with Crippen LogP contribution in [-0.2, 0) is 21.9 Å². The van der Waals surface area contributed by atoms with E-state index in [0.717, 1.165) is 11.1 Å². The van der Waals surface area contributed by atoms with Crippen LogP contribution in [0.1, 0.15) is 11.3 Å². The molecule has 1 amide bonds. The van der Waals surface area contributed by atoms with Crippen LogP contribution in [0, 0.1) is 0 Å². The Labute approximate surface area is 187 Å². The molecular formula is C20H17Cl3N2O3S. The molecule has 0 unspecified atom stereocenters. The van der Waals surface area contributed by atoms with Gasteiger partial charge >= 0.3 is 0 Å². The molecule has 1 heterocycles. The van der Waals surface area contributed by atoms with Crippen molar-refractivity contribution in [3.63, 3.8) is 0 Å². The number of methoxy groups -OCH3 is 1. The van der Waals surface area contributed by atoms with E-state index in [2.05, 4.69) is 10.5 Å². The fourth-order valence-corrected chi connectivity index (χ4v) is 3.83. The highest BCUT2D eigenvalue weighted by molar-refractivity contribution is 7.99. The summed E-state index contributed by atoms with van der Waals surface area (Å²) in [6.07, 6.45) is 0. The van der Waals surface area contributed by atoms with E-state index in [4.69, 9.17) is 44.1 Å². The molecular weight excluding hydrogens is 455 g/mol. The average molecular weight is 472 g/mol. The van der Waals surface area contributed by atoms with Gasteiger partial charge in [0.1, 0.15) is 5.69 Å². The van der Waals surface area contributed by atoms with E-state index < -0.39 is 0 Å². The third-order valence-electron chi connectivity index (χ3n) is 3.92. The molecule has 1 aromatic heterocycles. The number of anilines is 1. The van der Waals surface area contributed by atoms with Crippen LogP contribution in [0.25, 0.3) is 11.1 Å². The molecule has 0 saturated carbocycles. The second-order valence-electron chi connectivity index (χ2n) is 6.06. The van der Waals surface area contributed by atoms with Crippen LogP contribution < -0.4 is 5.32 Å². The lowest BCUT2D eigenvalue weighted by molar-refractivity contribution is -0.113. The number of ether oxygens (including phenoxy) is 1. The van der Waals surface area contributed by atoms with Gasteiger partial charge in [-0.3, -0.25) is 10.1 Å². The Kier molecular flexibility index (Phi) is 7.86. The summed E-state index contributed by atoms with van der Waals surface area (Å²) < 4.78 is 10.5. The summed E-state index contributed by atoms with van der Waals surface area (Å²) >= 11 is 19.4. The van der Waals surface area contributed by atoms with Gasteiger partial charge in [-0.15, -0.1) is 11.8 Å². The fourth-order valence-electron chi connectivity index (χ4n) is 2.61. The van der Waals surface area contributed by atoms with Crippen molar-refractivity contribution in [2.24, 2.45) is 0 Å². The van der Waals surface area contributed by atoms with Crippen LogP contribution in [-0.4, -0.2) is 23.9 Å². The Balaban J connectivity index is 1.66. The van der Waals surface area contributed by atoms with Gasteiger partial charge in [0.2, 0.25) is 11.8 Å². The topological polar surface area (TPSA) is 64.4 Å². The molecule has 29 heavy (non-hydrogen) atoms. The van der Waals surface area contributed by atoms with E-state index in [1.165, 1.54) is 11.8 Å². The normalized spacial score (nSPS) is 10.9. The highest BCUT2D eigenvalue weighted by Crippen LogP contribution is 2.33. The SMILES string of the molecule is COCc1noc(NC(=O)CSCc2ccc(Cl)c(Cl)c2)c1-c1ccc(Cl)cc1. The fraction of sp³-hybridized carbons (Fsp3) is 0.200. The minimum absolute atomic E-state index is 0.203. The number of carbonyl (C=O) groups excluding carboxylic acids is 1. The number of rotatable bonds is 8. The molecule has 3 rings (SSSR count). The molecule has 0 bridgehead atoms. The number of benzene rings is 2. The van der Waals surface area contributed by atoms with E-state index in [9.17, 15) is 4.79 Å². The number of hydrogen-bond donors (Lipinski definition) is 1. The molecule has 9 heteroatoms. The molecule has 0 atom stereocenters. The summed E-state index contributed by atoms with van der Waals surface area (Å²) in [7, 11) is 1.57. The van der Waals surface area contributed by atoms with E-state index >= 15 is 0 Å². The van der Waals surface area contributed by atoms with Gasteiger partial charge < -0.3 is 9.26 Å². The van der Waals surface area contributed by atoms with Crippen LogP contribution in [0.5, 0.6) is 0 Å². The lowest BCUT2D eigenvalue weighted by Gasteiger charge is -2.07. The molecule has 152 valence electrons. The Hall–Kier alpha value is -1.70. The maximum atomic E-state index is 12.4. The number of nitrogens with zero attached hydrogens (tertiary/aromatic N) is 1. The van der Waals surface area contributed by atoms with Crippen LogP contribution in [0.4, 0.5) is 5.88 Å². The van der Waals surface area contributed by atoms with Crippen LogP contribution >= 0.6 is 46.6 Å². The molecule has 0 aliphatic heterocycles. The first-order chi connectivity index (χ1) is 14.0. The lowest BCUT2D eigenvalue weighted by Crippen LogP contribution is -2.14. The van der Waals surface area contributed by atoms with Crippen molar-refractivity contribution < 1.29 is 14.1 Å². The third-order valence-corrected chi connectivity index (χ3v) is 5.91. The third kappa shape index (κ3) is 5.90. The first-order valence-corrected chi connectivity index (χ1v) is 10.8. The number of carbonyl (C=O) groups is 1. The Morgan fingerprint density at radius 3 is 2.59 bits per heavy atom. The van der Waals surface area contributed by atoms with Crippen molar-refractivity contribution in [2.45, 2.75) is 12.4 Å². The molecule has 0 aliphatic carbocycles. The van der Waals surface area contributed by atoms with E-state index in [0.29, 0.717) is 32.1 Å². The molecule has 0 spiro atoms. The zero-order valence-corrected chi connectivity index (χ0v) is 18.5. The summed E-state index contributed by atoms with van der Waals surface area (Å²) in [6, 6.07) is 12.6. The van der Waals surface area contributed by atoms with Crippen molar-refractivity contribution in [1.82, 2.24) is 5.16 Å². The molecule has 1 N–H and O–H groups in total. The Morgan fingerprint density at radius 1 is 1.14 bits per heavy atom. The van der Waals surface area contributed by atoms with E-state index in [1.54, 1.807) is 31.4 Å². The van der Waals surface area contributed by atoms with Crippen molar-refractivity contribution in [3.05, 3.63) is 68.8 Å². The molecule has 0 radical (unpaired) electrons. The number of aromatic nitrogens is 1. The Morgan fingerprint density at radius 2 is 1.90 bits per heavy atom. The van der Waals surface area contributed by atoms with Crippen LogP contribution in [0.15, 0.2) is 47.0 Å². The summed E-state index contributed by atoms with van der Waals surface area (Å²) in [5, 5.41) is 8.42. The number of halogens is 3. The van der Waals surface area contributed by atoms with Crippen LogP contribution in [0.3, 0.4) is 0 Å². The van der Waals surface area contributed by atoms with Gasteiger partial charge in [0, 0.05) is 17.9 Å². The predicted molar refractivity (Wildman–Crippen MR) is 119 cm³/mol. The minimum atomic E-state index is -0.203. The Bertz CT molecular complexity index is 993. The largest absolute Gasteiger partial charge is 0.378 e. The van der Waals surface area contributed by atoms with Crippen molar-refractivity contribution in [2.75, 3.05) is 18.2 Å². The summed E-state index contributed by atoms with van der Waals surface area (Å²) in [6.45, 7) is 0.253. The van der Waals surface area contributed by atoms with Crippen molar-refractivity contribution in [1.29, 1.82) is 0 Å². The molecule has 3 aromatic rings. The van der Waals surface area contributed by atoms with E-state index in [-0.39, 0.29) is 24.2 Å². The van der Waals surface area contributed by atoms with Crippen LogP contribution in [0.2, 0.25) is 15.1 Å². The van der Waals surface area contributed by atoms with Crippen molar-refractivity contribution >= 4 is 58.4 Å². The van der Waals surface area contributed by atoms with Gasteiger partial charge in [-0.2, -0.15) is 0 Å². The summed E-state index contributed by atoms with van der Waals surface area (Å²) in [5.74, 6) is 0.935. The predicted octanol–water partition coefficient (Wildman–Crippen LogP) is 6.32. The molecule has 0 aliphatic rings. The van der Waals surface area contributed by atoms with Gasteiger partial charge in [-0.05, 0) is 35.4 Å². The van der Waals surface area contributed by atoms with Gasteiger partial charge in [0.15, 0.2) is 0 Å². The smallest absolute Gasteiger partial charge is 0.239 e. The van der Waals surface area contributed by atoms with E-state index in [1.807, 2.05) is 18.2 Å². The first-order valence-electron chi connectivity index (χ1n) is 8.53. The maximum absolute atomic E-state index is 12.4. The van der Waals surface area contributed by atoms with Gasteiger partial charge in [-0.1, -0.05) is 58.2 Å². The summed E-state index contributed by atoms with van der Waals surface area (Å²) in [4.78, 5) is 12.4. The molecule has 2 aromatic carbocycles. The number of amides is 1. The highest BCUT2D eigenvalue weighted by Gasteiger charge is 2.20. The average Bonchev–Trinajstić information content (AvgIpc) is 3.08. The standard InChI is InChI=1S/C20H17Cl3N2O3S/c1-27-9-17-19(13-3-5-14(21)6-4-13)20(28-25-17)24-18(26)11-29-10-12-2-7-15(22)16(23)8-12/h2-8H,9-11H2,1H3,(H,24,26). The monoisotopic (exact) mass is 470 g/mol. The molecule has 0 saturated heterocycles. The van der Waals surface area contributed by atoms with Gasteiger partial charge in [-0.25, -0.2) is 0 Å². The van der Waals surface area contributed by atoms with Gasteiger partial charge in [0.25, 0.3) is 0 Å². The summed E-state index contributed by atoms with van der Waals surface area (Å²) in [5.41, 5.74) is 3.07. The highest BCUT2D eigenvalue weighted by atomic mass is 35.5. The minimum Gasteiger partial charge on any atom is -0.378 e. The number of nitrogens with one attached hydrogen (secondary N) is 1. The zero-order chi connectivity index (χ0) is 20.8. The molecule has 5 nitrogen and oxygen atoms in total. The second kappa shape index (κ2) is 10.4. The number of thioether (sulfide) groups is 1.